The number of hydrogen-bond donors (Lipinski definition) is 1. The van der Waals surface area contributed by atoms with E-state index in [0.29, 0.717) is 21.4 Å². The zero-order valence-corrected chi connectivity index (χ0v) is 12.5. The Morgan fingerprint density at radius 1 is 1.05 bits per heavy atom. The van der Waals surface area contributed by atoms with Crippen molar-refractivity contribution in [3.05, 3.63) is 64.3 Å². The molecule has 2 N–H and O–H groups in total. The summed E-state index contributed by atoms with van der Waals surface area (Å²) in [5, 5.41) is 1.13. The van der Waals surface area contributed by atoms with E-state index in [1.807, 2.05) is 0 Å². The van der Waals surface area contributed by atoms with Crippen LogP contribution in [0, 0.1) is 0 Å². The molecule has 0 unspecified atom stereocenters. The molecule has 1 aromatic carbocycles. The van der Waals surface area contributed by atoms with E-state index in [1.165, 1.54) is 6.08 Å². The number of pyridine rings is 1. The summed E-state index contributed by atoms with van der Waals surface area (Å²) < 4.78 is 1.58. The molecule has 0 spiro atoms. The van der Waals surface area contributed by atoms with Crippen molar-refractivity contribution in [2.75, 3.05) is 5.73 Å². The molecule has 2 aromatic rings. The lowest BCUT2D eigenvalue weighted by Crippen LogP contribution is -3.00. The molecule has 20 heavy (non-hydrogen) atoms. The molecular weight excluding hydrogens is 319 g/mol. The fraction of sp³-hybridized carbons (Fsp3) is 0. The van der Waals surface area contributed by atoms with E-state index >= 15 is 0 Å². The lowest BCUT2D eigenvalue weighted by Gasteiger charge is -1.98. The molecule has 0 atom stereocenters. The molecule has 0 aliphatic heterocycles. The Kier molecular flexibility index (Phi) is 6.02. The van der Waals surface area contributed by atoms with Gasteiger partial charge in [0.1, 0.15) is 6.20 Å². The molecule has 6 heteroatoms. The van der Waals surface area contributed by atoms with Gasteiger partial charge in [0, 0.05) is 22.7 Å². The maximum absolute atomic E-state index is 11.9. The molecule has 0 amide bonds. The van der Waals surface area contributed by atoms with Crippen molar-refractivity contribution in [3.63, 3.8) is 0 Å². The molecule has 0 aliphatic rings. The molecule has 0 fully saturated rings. The Balaban J connectivity index is 0.00000200. The Morgan fingerprint density at radius 3 is 2.30 bits per heavy atom. The third kappa shape index (κ3) is 4.23. The molecule has 104 valence electrons. The summed E-state index contributed by atoms with van der Waals surface area (Å²) in [6.45, 7) is 0. The van der Waals surface area contributed by atoms with Crippen LogP contribution in [0.3, 0.4) is 0 Å². The van der Waals surface area contributed by atoms with E-state index in [2.05, 4.69) is 0 Å². The van der Waals surface area contributed by atoms with Gasteiger partial charge in [-0.15, -0.1) is 0 Å². The highest BCUT2D eigenvalue weighted by molar-refractivity contribution is 6.30. The van der Waals surface area contributed by atoms with E-state index in [-0.39, 0.29) is 18.2 Å². The van der Waals surface area contributed by atoms with Crippen LogP contribution >= 0.6 is 23.2 Å². The number of anilines is 1. The topological polar surface area (TPSA) is 47.0 Å². The van der Waals surface area contributed by atoms with Crippen LogP contribution in [0.2, 0.25) is 10.0 Å². The second-order valence-corrected chi connectivity index (χ2v) is 4.74. The van der Waals surface area contributed by atoms with Crippen LogP contribution in [0.15, 0.2) is 48.7 Å². The van der Waals surface area contributed by atoms with Gasteiger partial charge < -0.3 is 12.4 Å². The van der Waals surface area contributed by atoms with Crippen molar-refractivity contribution >= 4 is 41.0 Å². The molecule has 1 aromatic heterocycles. The number of allylic oxidation sites excluding steroid dienone is 1. The molecule has 1 heterocycles. The Labute approximate surface area is 133 Å². The lowest BCUT2D eigenvalue weighted by molar-refractivity contribution is -0.552. The number of nitrogens with two attached hydrogens (primary N) is 1. The predicted molar refractivity (Wildman–Crippen MR) is 77.2 cm³/mol. The van der Waals surface area contributed by atoms with Crippen LogP contribution in [0.5, 0.6) is 0 Å². The summed E-state index contributed by atoms with van der Waals surface area (Å²) in [7, 11) is 0. The summed E-state index contributed by atoms with van der Waals surface area (Å²) in [6.07, 6.45) is 4.62. The summed E-state index contributed by atoms with van der Waals surface area (Å²) in [5.74, 6) is 0.355. The lowest BCUT2D eigenvalue weighted by atomic mass is 10.1. The van der Waals surface area contributed by atoms with Gasteiger partial charge in [0.15, 0.2) is 5.78 Å². The summed E-state index contributed by atoms with van der Waals surface area (Å²) >= 11 is 11.6. The Bertz CT molecular complexity index is 639. The average Bonchev–Trinajstić information content (AvgIpc) is 2.40. The average molecular weight is 330 g/mol. The first-order chi connectivity index (χ1) is 9.06. The van der Waals surface area contributed by atoms with Crippen molar-refractivity contribution in [1.29, 1.82) is 0 Å². The Morgan fingerprint density at radius 2 is 1.65 bits per heavy atom. The minimum atomic E-state index is -0.136. The smallest absolute Gasteiger partial charge is 0.277 e. The number of benzene rings is 1. The van der Waals surface area contributed by atoms with Crippen molar-refractivity contribution in [2.24, 2.45) is 0 Å². The van der Waals surface area contributed by atoms with Gasteiger partial charge in [-0.1, -0.05) is 23.2 Å². The largest absolute Gasteiger partial charge is 1.00 e. The normalized spacial score (nSPS) is 10.3. The van der Waals surface area contributed by atoms with Gasteiger partial charge >= 0.3 is 0 Å². The summed E-state index contributed by atoms with van der Waals surface area (Å²) in [5.41, 5.74) is 6.32. The van der Waals surface area contributed by atoms with Crippen LogP contribution < -0.4 is 22.7 Å². The van der Waals surface area contributed by atoms with Gasteiger partial charge in [0.25, 0.3) is 5.82 Å². The number of hydrogen-bond acceptors (Lipinski definition) is 2. The predicted octanol–water partition coefficient (Wildman–Crippen LogP) is 0.221. The molecule has 0 bridgehead atoms. The first-order valence-corrected chi connectivity index (χ1v) is 6.26. The quantitative estimate of drug-likeness (QED) is 0.497. The summed E-state index contributed by atoms with van der Waals surface area (Å²) in [6, 6.07) is 10.0. The number of ketones is 1. The number of carbonyl (C=O) groups is 1. The van der Waals surface area contributed by atoms with Gasteiger partial charge in [0.2, 0.25) is 0 Å². The van der Waals surface area contributed by atoms with Crippen molar-refractivity contribution in [3.8, 4) is 0 Å². The molecule has 0 radical (unpaired) electrons. The molecule has 0 aliphatic carbocycles. The maximum Gasteiger partial charge on any atom is 0.277 e. The number of nitrogens with zero attached hydrogens (tertiary/aromatic N) is 1. The molecule has 0 saturated heterocycles. The van der Waals surface area contributed by atoms with E-state index in [0.717, 1.165) is 0 Å². The molecule has 3 nitrogen and oxygen atoms in total. The number of halogens is 3. The standard InChI is InChI=1S/C14H10Cl2N2O.ClH/c15-11-3-1-10(2-4-11)13(19)7-8-18-9-12(16)5-6-14(18)17;/h1-9,17H;1H. The molecular formula is C14H11Cl3N2O. The van der Waals surface area contributed by atoms with Gasteiger partial charge in [-0.25, -0.2) is 4.57 Å². The van der Waals surface area contributed by atoms with Crippen LogP contribution in [0.25, 0.3) is 6.20 Å². The second-order valence-electron chi connectivity index (χ2n) is 3.87. The first kappa shape index (κ1) is 16.5. The fourth-order valence-corrected chi connectivity index (χ4v) is 1.78. The maximum atomic E-state index is 11.9. The highest BCUT2D eigenvalue weighted by Crippen LogP contribution is 2.10. The van der Waals surface area contributed by atoms with Gasteiger partial charge in [-0.2, -0.15) is 0 Å². The van der Waals surface area contributed by atoms with Crippen LogP contribution in [0.4, 0.5) is 5.82 Å². The monoisotopic (exact) mass is 328 g/mol. The van der Waals surface area contributed by atoms with Crippen LogP contribution in [-0.2, 0) is 0 Å². The highest BCUT2D eigenvalue weighted by Gasteiger charge is 2.05. The number of rotatable bonds is 3. The minimum absolute atomic E-state index is 0. The van der Waals surface area contributed by atoms with E-state index in [9.17, 15) is 4.79 Å². The van der Waals surface area contributed by atoms with Crippen molar-refractivity contribution in [1.82, 2.24) is 0 Å². The third-order valence-electron chi connectivity index (χ3n) is 2.49. The number of nitrogen functional groups attached to an aromatic ring is 1. The van der Waals surface area contributed by atoms with E-state index < -0.39 is 0 Å². The van der Waals surface area contributed by atoms with Gasteiger partial charge in [0.05, 0.1) is 11.2 Å². The zero-order chi connectivity index (χ0) is 13.8. The minimum Gasteiger partial charge on any atom is -1.00 e. The zero-order valence-electron chi connectivity index (χ0n) is 10.3. The van der Waals surface area contributed by atoms with Crippen LogP contribution in [0.1, 0.15) is 10.4 Å². The highest BCUT2D eigenvalue weighted by atomic mass is 35.5. The molecule has 0 saturated carbocycles. The summed E-state index contributed by atoms with van der Waals surface area (Å²) in [4.78, 5) is 11.9. The fourth-order valence-electron chi connectivity index (χ4n) is 1.49. The molecule has 2 rings (SSSR count). The van der Waals surface area contributed by atoms with Gasteiger partial charge in [-0.05, 0) is 30.3 Å². The van der Waals surface area contributed by atoms with E-state index in [4.69, 9.17) is 28.9 Å². The first-order valence-electron chi connectivity index (χ1n) is 5.50. The number of carbonyl (C=O) groups excluding carboxylic acids is 1. The SMILES string of the molecule is Nc1ccc(Cl)c[n+]1C=CC(=O)c1ccc(Cl)cc1.[Cl-]. The Hall–Kier alpha value is -1.55. The van der Waals surface area contributed by atoms with Gasteiger partial charge in [-0.3, -0.25) is 10.5 Å². The van der Waals surface area contributed by atoms with Crippen LogP contribution in [-0.4, -0.2) is 5.78 Å². The third-order valence-corrected chi connectivity index (χ3v) is 2.96. The second kappa shape index (κ2) is 7.29. The van der Waals surface area contributed by atoms with Crippen molar-refractivity contribution in [2.45, 2.75) is 0 Å². The number of aromatic nitrogens is 1. The van der Waals surface area contributed by atoms with Crippen molar-refractivity contribution < 1.29 is 21.8 Å². The van der Waals surface area contributed by atoms with E-state index in [1.54, 1.807) is 53.4 Å².